The summed E-state index contributed by atoms with van der Waals surface area (Å²) in [5, 5.41) is 0.599. The van der Waals surface area contributed by atoms with Gasteiger partial charge in [-0.3, -0.25) is 9.36 Å². The Hall–Kier alpha value is -2.92. The first-order valence-electron chi connectivity index (χ1n) is 7.24. The number of benzene rings is 2. The van der Waals surface area contributed by atoms with Gasteiger partial charge >= 0.3 is 0 Å². The molecule has 0 spiro atoms. The first-order valence-corrected chi connectivity index (χ1v) is 7.62. The van der Waals surface area contributed by atoms with Crippen LogP contribution in [-0.2, 0) is 0 Å². The first kappa shape index (κ1) is 14.7. The Labute approximate surface area is 141 Å². The molecule has 4 rings (SSSR count). The lowest BCUT2D eigenvalue weighted by Crippen LogP contribution is -2.20. The number of aromatic nitrogens is 3. The van der Waals surface area contributed by atoms with Crippen molar-refractivity contribution in [1.82, 2.24) is 14.0 Å². The molecule has 0 aliphatic rings. The number of hydrogen-bond donors (Lipinski definition) is 0. The van der Waals surface area contributed by atoms with Crippen LogP contribution in [0.2, 0.25) is 5.02 Å². The second-order valence-corrected chi connectivity index (χ2v) is 5.76. The lowest BCUT2D eigenvalue weighted by atomic mass is 10.2. The van der Waals surface area contributed by atoms with Gasteiger partial charge in [-0.25, -0.2) is 9.37 Å². The second-order valence-electron chi connectivity index (χ2n) is 5.32. The van der Waals surface area contributed by atoms with E-state index >= 15 is 0 Å². The topological polar surface area (TPSA) is 39.3 Å². The third-order valence-corrected chi connectivity index (χ3v) is 3.96. The Balaban J connectivity index is 1.90. The van der Waals surface area contributed by atoms with Crippen molar-refractivity contribution in [2.45, 2.75) is 0 Å². The summed E-state index contributed by atoms with van der Waals surface area (Å²) in [6.07, 6.45) is 5.06. The predicted octanol–water partition coefficient (Wildman–Crippen LogP) is 3.94. The molecule has 4 aromatic rings. The van der Waals surface area contributed by atoms with E-state index in [9.17, 15) is 9.18 Å². The lowest BCUT2D eigenvalue weighted by molar-refractivity contribution is 0.626. The van der Waals surface area contributed by atoms with Crippen LogP contribution in [0, 0.1) is 5.82 Å². The fourth-order valence-corrected chi connectivity index (χ4v) is 2.79. The van der Waals surface area contributed by atoms with Crippen molar-refractivity contribution in [3.8, 4) is 16.9 Å². The van der Waals surface area contributed by atoms with Crippen LogP contribution >= 0.6 is 11.6 Å². The number of imidazole rings is 1. The summed E-state index contributed by atoms with van der Waals surface area (Å²) < 4.78 is 16.4. The lowest BCUT2D eigenvalue weighted by Gasteiger charge is -2.05. The maximum absolute atomic E-state index is 13.4. The van der Waals surface area contributed by atoms with E-state index in [1.807, 2.05) is 12.1 Å². The molecule has 0 saturated heterocycles. The Morgan fingerprint density at radius 2 is 1.88 bits per heavy atom. The van der Waals surface area contributed by atoms with Gasteiger partial charge in [0, 0.05) is 29.2 Å². The number of halogens is 2. The molecule has 0 bridgehead atoms. The van der Waals surface area contributed by atoms with Gasteiger partial charge in [-0.15, -0.1) is 0 Å². The minimum absolute atomic E-state index is 0.261. The van der Waals surface area contributed by atoms with Crippen LogP contribution in [0.4, 0.5) is 4.39 Å². The van der Waals surface area contributed by atoms with Crippen LogP contribution in [0.1, 0.15) is 0 Å². The standard InChI is InChI=1S/C18H11ClFN3O/c19-13-4-1-3-12(9-13)16-11-22-7-8-23(18(24)17(22)21-16)15-6-2-5-14(20)10-15/h1-11H. The highest BCUT2D eigenvalue weighted by molar-refractivity contribution is 6.30. The molecule has 0 saturated carbocycles. The average Bonchev–Trinajstić information content (AvgIpc) is 3.00. The Bertz CT molecular complexity index is 1120. The molecule has 2 aromatic carbocycles. The summed E-state index contributed by atoms with van der Waals surface area (Å²) in [6, 6.07) is 13.1. The molecule has 0 N–H and O–H groups in total. The van der Waals surface area contributed by atoms with E-state index < -0.39 is 5.82 Å². The van der Waals surface area contributed by atoms with Crippen LogP contribution in [0.3, 0.4) is 0 Å². The molecule has 0 radical (unpaired) electrons. The Kier molecular flexibility index (Phi) is 3.43. The quantitative estimate of drug-likeness (QED) is 0.555. The molecular formula is C18H11ClFN3O. The van der Waals surface area contributed by atoms with Gasteiger partial charge in [0.1, 0.15) is 5.82 Å². The number of nitrogens with zero attached hydrogens (tertiary/aromatic N) is 3. The molecule has 0 unspecified atom stereocenters. The van der Waals surface area contributed by atoms with Crippen molar-refractivity contribution in [2.75, 3.05) is 0 Å². The van der Waals surface area contributed by atoms with Crippen LogP contribution < -0.4 is 5.56 Å². The van der Waals surface area contributed by atoms with Gasteiger partial charge in [0.25, 0.3) is 5.56 Å². The fraction of sp³-hybridized carbons (Fsp3) is 0. The van der Waals surface area contributed by atoms with E-state index in [4.69, 9.17) is 11.6 Å². The molecular weight excluding hydrogens is 329 g/mol. The van der Waals surface area contributed by atoms with Gasteiger partial charge in [0.05, 0.1) is 11.4 Å². The molecule has 0 amide bonds. The van der Waals surface area contributed by atoms with E-state index in [-0.39, 0.29) is 11.2 Å². The minimum Gasteiger partial charge on any atom is -0.300 e. The van der Waals surface area contributed by atoms with Gasteiger partial charge in [0.15, 0.2) is 0 Å². The Morgan fingerprint density at radius 3 is 2.67 bits per heavy atom. The molecule has 0 aliphatic heterocycles. The van der Waals surface area contributed by atoms with E-state index in [0.717, 1.165) is 5.56 Å². The normalized spacial score (nSPS) is 11.1. The molecule has 0 atom stereocenters. The van der Waals surface area contributed by atoms with Gasteiger partial charge in [-0.1, -0.05) is 29.8 Å². The van der Waals surface area contributed by atoms with Crippen molar-refractivity contribution < 1.29 is 4.39 Å². The maximum Gasteiger partial charge on any atom is 0.298 e. The molecule has 2 heterocycles. The van der Waals surface area contributed by atoms with E-state index in [1.54, 1.807) is 47.3 Å². The zero-order chi connectivity index (χ0) is 16.7. The van der Waals surface area contributed by atoms with Crippen LogP contribution in [0.15, 0.2) is 71.9 Å². The van der Waals surface area contributed by atoms with Crippen molar-refractivity contribution in [2.24, 2.45) is 0 Å². The molecule has 24 heavy (non-hydrogen) atoms. The summed E-state index contributed by atoms with van der Waals surface area (Å²) in [6.45, 7) is 0. The Morgan fingerprint density at radius 1 is 1.04 bits per heavy atom. The molecule has 0 fully saturated rings. The fourth-order valence-electron chi connectivity index (χ4n) is 2.60. The summed E-state index contributed by atoms with van der Waals surface area (Å²) >= 11 is 6.01. The van der Waals surface area contributed by atoms with E-state index in [2.05, 4.69) is 4.98 Å². The van der Waals surface area contributed by atoms with Crippen LogP contribution in [-0.4, -0.2) is 14.0 Å². The molecule has 2 aromatic heterocycles. The maximum atomic E-state index is 13.4. The monoisotopic (exact) mass is 339 g/mol. The van der Waals surface area contributed by atoms with E-state index in [0.29, 0.717) is 16.4 Å². The SMILES string of the molecule is O=c1c2nc(-c3cccc(Cl)c3)cn2ccn1-c1cccc(F)c1. The van der Waals surface area contributed by atoms with Gasteiger partial charge < -0.3 is 4.40 Å². The molecule has 6 heteroatoms. The highest BCUT2D eigenvalue weighted by Gasteiger charge is 2.10. The van der Waals surface area contributed by atoms with Crippen molar-refractivity contribution in [3.05, 3.63) is 88.3 Å². The highest BCUT2D eigenvalue weighted by Crippen LogP contribution is 2.21. The average molecular weight is 340 g/mol. The minimum atomic E-state index is -0.401. The third kappa shape index (κ3) is 2.49. The summed E-state index contributed by atoms with van der Waals surface area (Å²) in [7, 11) is 0. The largest absolute Gasteiger partial charge is 0.300 e. The summed E-state index contributed by atoms with van der Waals surface area (Å²) in [4.78, 5) is 17.1. The van der Waals surface area contributed by atoms with Gasteiger partial charge in [-0.05, 0) is 30.3 Å². The summed E-state index contributed by atoms with van der Waals surface area (Å²) in [5.74, 6) is -0.401. The third-order valence-electron chi connectivity index (χ3n) is 3.73. The number of hydrogen-bond acceptors (Lipinski definition) is 2. The van der Waals surface area contributed by atoms with E-state index in [1.165, 1.54) is 16.7 Å². The molecule has 118 valence electrons. The molecule has 0 aliphatic carbocycles. The highest BCUT2D eigenvalue weighted by atomic mass is 35.5. The van der Waals surface area contributed by atoms with Gasteiger partial charge in [0.2, 0.25) is 5.65 Å². The number of fused-ring (bicyclic) bond motifs is 1. The predicted molar refractivity (Wildman–Crippen MR) is 91.2 cm³/mol. The zero-order valence-electron chi connectivity index (χ0n) is 12.4. The number of rotatable bonds is 2. The van der Waals surface area contributed by atoms with Gasteiger partial charge in [-0.2, -0.15) is 0 Å². The van der Waals surface area contributed by atoms with Crippen molar-refractivity contribution in [3.63, 3.8) is 0 Å². The molecule has 4 nitrogen and oxygen atoms in total. The van der Waals surface area contributed by atoms with Crippen LogP contribution in [0.5, 0.6) is 0 Å². The van der Waals surface area contributed by atoms with Crippen LogP contribution in [0.25, 0.3) is 22.6 Å². The van der Waals surface area contributed by atoms with Crippen molar-refractivity contribution >= 4 is 17.2 Å². The first-order chi connectivity index (χ1) is 11.6. The smallest absolute Gasteiger partial charge is 0.298 e. The second kappa shape index (κ2) is 5.62. The zero-order valence-corrected chi connectivity index (χ0v) is 13.1. The van der Waals surface area contributed by atoms with Crippen molar-refractivity contribution in [1.29, 1.82) is 0 Å². The summed E-state index contributed by atoms with van der Waals surface area (Å²) in [5.41, 5.74) is 1.86.